The number of benzene rings is 8. The number of hydrogen-bond acceptors (Lipinski definition) is 2. The standard InChI is InChI=1S/C61H44OS/c1-5-35-14-13-20-42(39(35)6-2)58-45-17-9-7-15-43(45)57(44-16-8-10-18-46(44)58)38-24-26-41-40-25-22-36(32-51(40)61(3,4)52(41)33-38)37-23-27-49-54(34-37)62-53-30-28-48-47(59(49)53)29-31-56-60(48)50-19-11-12-21-55(50)63-56/h5-7,9,12-18,20-34H,1-2,8,10-11,19H2,3-4H3. The summed E-state index contributed by atoms with van der Waals surface area (Å²) >= 11 is 1.92. The van der Waals surface area contributed by atoms with Crippen LogP contribution < -0.4 is 10.4 Å². The van der Waals surface area contributed by atoms with Crippen LogP contribution in [0.15, 0.2) is 145 Å². The van der Waals surface area contributed by atoms with E-state index in [1.807, 2.05) is 23.5 Å². The zero-order valence-electron chi connectivity index (χ0n) is 35.6. The Labute approximate surface area is 371 Å². The highest BCUT2D eigenvalue weighted by Gasteiger charge is 2.36. The van der Waals surface area contributed by atoms with E-state index in [1.54, 1.807) is 0 Å². The zero-order valence-corrected chi connectivity index (χ0v) is 36.4. The van der Waals surface area contributed by atoms with Crippen LogP contribution >= 0.6 is 11.3 Å². The maximum atomic E-state index is 6.67. The minimum atomic E-state index is -0.198. The van der Waals surface area contributed by atoms with Gasteiger partial charge < -0.3 is 4.42 Å². The van der Waals surface area contributed by atoms with E-state index in [4.69, 9.17) is 4.42 Å². The molecule has 10 aromatic rings. The molecule has 2 aromatic heterocycles. The fourth-order valence-electron chi connectivity index (χ4n) is 11.6. The first-order chi connectivity index (χ1) is 30.9. The Morgan fingerprint density at radius 1 is 0.571 bits per heavy atom. The molecule has 3 aliphatic rings. The summed E-state index contributed by atoms with van der Waals surface area (Å²) in [6.45, 7) is 13.2. The number of aryl methyl sites for hydroxylation is 1. The van der Waals surface area contributed by atoms with Crippen LogP contribution in [0, 0.1) is 0 Å². The molecule has 300 valence electrons. The molecular weight excluding hydrogens is 781 g/mol. The molecule has 0 fully saturated rings. The minimum Gasteiger partial charge on any atom is -0.456 e. The van der Waals surface area contributed by atoms with Gasteiger partial charge in [-0.05, 0) is 179 Å². The second-order valence-corrected chi connectivity index (χ2v) is 19.2. The number of furan rings is 1. The van der Waals surface area contributed by atoms with Crippen LogP contribution in [-0.2, 0) is 11.8 Å². The van der Waals surface area contributed by atoms with Gasteiger partial charge in [0.15, 0.2) is 0 Å². The molecule has 2 heteroatoms. The molecule has 0 saturated heterocycles. The molecule has 0 radical (unpaired) electrons. The van der Waals surface area contributed by atoms with Crippen LogP contribution in [0.4, 0.5) is 0 Å². The van der Waals surface area contributed by atoms with Crippen molar-refractivity contribution >= 4 is 95.3 Å². The van der Waals surface area contributed by atoms with Gasteiger partial charge >= 0.3 is 0 Å². The second-order valence-electron chi connectivity index (χ2n) is 18.1. The molecular formula is C61H44OS. The van der Waals surface area contributed by atoms with Crippen LogP contribution in [0.2, 0.25) is 0 Å². The van der Waals surface area contributed by atoms with Gasteiger partial charge in [-0.15, -0.1) is 11.3 Å². The third-order valence-electron chi connectivity index (χ3n) is 14.5. The van der Waals surface area contributed by atoms with E-state index in [0.29, 0.717) is 0 Å². The molecule has 63 heavy (non-hydrogen) atoms. The van der Waals surface area contributed by atoms with Crippen LogP contribution in [-0.4, -0.2) is 0 Å². The number of thiophene rings is 1. The van der Waals surface area contributed by atoms with Gasteiger partial charge in [0.1, 0.15) is 11.2 Å². The third kappa shape index (κ3) is 5.16. The number of allylic oxidation sites excluding steroid dienone is 1. The van der Waals surface area contributed by atoms with Crippen molar-refractivity contribution in [1.29, 1.82) is 0 Å². The highest BCUT2D eigenvalue weighted by Crippen LogP contribution is 2.51. The predicted octanol–water partition coefficient (Wildman–Crippen LogP) is 16.0. The highest BCUT2D eigenvalue weighted by molar-refractivity contribution is 7.20. The van der Waals surface area contributed by atoms with Crippen LogP contribution in [0.5, 0.6) is 0 Å². The van der Waals surface area contributed by atoms with Gasteiger partial charge in [0.05, 0.1) is 0 Å². The van der Waals surface area contributed by atoms with Gasteiger partial charge in [-0.2, -0.15) is 0 Å². The third-order valence-corrected chi connectivity index (χ3v) is 15.7. The molecule has 0 atom stereocenters. The van der Waals surface area contributed by atoms with Crippen molar-refractivity contribution in [3.8, 4) is 44.5 Å². The summed E-state index contributed by atoms with van der Waals surface area (Å²) in [7, 11) is 0. The quantitative estimate of drug-likeness (QED) is 0.168. The van der Waals surface area contributed by atoms with Gasteiger partial charge in [0, 0.05) is 31.2 Å². The molecule has 0 bridgehead atoms. The van der Waals surface area contributed by atoms with Crippen molar-refractivity contribution in [1.82, 2.24) is 0 Å². The summed E-state index contributed by atoms with van der Waals surface area (Å²) in [5.41, 5.74) is 18.3. The lowest BCUT2D eigenvalue weighted by Gasteiger charge is -2.23. The minimum absolute atomic E-state index is 0.198. The summed E-state index contributed by atoms with van der Waals surface area (Å²) in [5.74, 6) is 0. The van der Waals surface area contributed by atoms with Crippen molar-refractivity contribution < 1.29 is 4.42 Å². The van der Waals surface area contributed by atoms with E-state index in [0.717, 1.165) is 48.0 Å². The van der Waals surface area contributed by atoms with Crippen LogP contribution in [0.1, 0.15) is 65.8 Å². The Hall–Kier alpha value is -7.00. The number of fused-ring (bicyclic) bond motifs is 14. The van der Waals surface area contributed by atoms with Crippen molar-refractivity contribution in [3.05, 3.63) is 184 Å². The van der Waals surface area contributed by atoms with E-state index in [2.05, 4.69) is 173 Å². The molecule has 0 aliphatic heterocycles. The Morgan fingerprint density at radius 2 is 1.25 bits per heavy atom. The molecule has 0 amide bonds. The Balaban J connectivity index is 0.919. The fourth-order valence-corrected chi connectivity index (χ4v) is 12.8. The molecule has 8 aromatic carbocycles. The lowest BCUT2D eigenvalue weighted by Crippen LogP contribution is -2.31. The van der Waals surface area contributed by atoms with Crippen molar-refractivity contribution in [3.63, 3.8) is 0 Å². The molecule has 0 unspecified atom stereocenters. The van der Waals surface area contributed by atoms with Crippen LogP contribution in [0.3, 0.4) is 0 Å². The van der Waals surface area contributed by atoms with Gasteiger partial charge in [0.2, 0.25) is 0 Å². The van der Waals surface area contributed by atoms with E-state index < -0.39 is 0 Å². The summed E-state index contributed by atoms with van der Waals surface area (Å²) < 4.78 is 8.04. The fraction of sp³-hybridized carbons (Fsp3) is 0.115. The topological polar surface area (TPSA) is 13.1 Å². The SMILES string of the molecule is C=Cc1cccc(-c2c3c(c(-c4ccc5c(c4)C(C)(C)c4cc(-c6ccc7c(c6)oc6ccc8c(ccc9sc%10c(c98)CCC=C%10)c67)ccc4-5)c4ccccc24)=CCCC=3)c1C=C. The summed E-state index contributed by atoms with van der Waals surface area (Å²) in [6, 6.07) is 45.8. The molecule has 0 N–H and O–H groups in total. The highest BCUT2D eigenvalue weighted by atomic mass is 32.1. The monoisotopic (exact) mass is 824 g/mol. The maximum Gasteiger partial charge on any atom is 0.136 e. The lowest BCUT2D eigenvalue weighted by molar-refractivity contribution is 0.661. The van der Waals surface area contributed by atoms with Crippen LogP contribution in [0.25, 0.3) is 128 Å². The summed E-state index contributed by atoms with van der Waals surface area (Å²) in [6.07, 6.45) is 17.8. The molecule has 2 heterocycles. The average molecular weight is 825 g/mol. The zero-order chi connectivity index (χ0) is 42.1. The van der Waals surface area contributed by atoms with E-state index in [9.17, 15) is 0 Å². The maximum absolute atomic E-state index is 6.67. The Morgan fingerprint density at radius 3 is 2.05 bits per heavy atom. The molecule has 13 rings (SSSR count). The lowest BCUT2D eigenvalue weighted by atomic mass is 9.80. The molecule has 3 aliphatic carbocycles. The van der Waals surface area contributed by atoms with E-state index in [1.165, 1.54) is 119 Å². The molecule has 0 saturated carbocycles. The Bertz CT molecular complexity index is 3860. The van der Waals surface area contributed by atoms with Crippen molar-refractivity contribution in [2.24, 2.45) is 0 Å². The molecule has 1 nitrogen and oxygen atoms in total. The van der Waals surface area contributed by atoms with Gasteiger partial charge in [-0.25, -0.2) is 0 Å². The van der Waals surface area contributed by atoms with E-state index >= 15 is 0 Å². The van der Waals surface area contributed by atoms with E-state index in [-0.39, 0.29) is 5.41 Å². The first-order valence-corrected chi connectivity index (χ1v) is 23.2. The first kappa shape index (κ1) is 36.6. The van der Waals surface area contributed by atoms with Gasteiger partial charge in [-0.1, -0.05) is 136 Å². The number of hydrogen-bond donors (Lipinski definition) is 0. The largest absolute Gasteiger partial charge is 0.456 e. The summed E-state index contributed by atoms with van der Waals surface area (Å²) in [4.78, 5) is 1.41. The summed E-state index contributed by atoms with van der Waals surface area (Å²) in [5, 5.41) is 11.6. The van der Waals surface area contributed by atoms with Crippen molar-refractivity contribution in [2.45, 2.75) is 44.9 Å². The normalized spacial score (nSPS) is 14.7. The average Bonchev–Trinajstić information content (AvgIpc) is 3.97. The smallest absolute Gasteiger partial charge is 0.136 e. The molecule has 0 spiro atoms. The predicted molar refractivity (Wildman–Crippen MR) is 273 cm³/mol. The van der Waals surface area contributed by atoms with Gasteiger partial charge in [-0.3, -0.25) is 0 Å². The Kier molecular flexibility index (Phi) is 7.85. The second kappa shape index (κ2) is 13.5. The number of rotatable bonds is 5. The van der Waals surface area contributed by atoms with Crippen molar-refractivity contribution in [2.75, 3.05) is 0 Å². The van der Waals surface area contributed by atoms with Gasteiger partial charge in [0.25, 0.3) is 0 Å². The first-order valence-electron chi connectivity index (χ1n) is 22.3.